The highest BCUT2D eigenvalue weighted by Gasteiger charge is 2.11. The Morgan fingerprint density at radius 1 is 1.47 bits per heavy atom. The molecule has 0 radical (unpaired) electrons. The van der Waals surface area contributed by atoms with E-state index < -0.39 is 18.0 Å². The molecule has 1 rings (SSSR count). The number of anilines is 1. The number of aromatic nitrogens is 1. The minimum atomic E-state index is -1.15. The average Bonchev–Trinajstić information content (AvgIpc) is 2.18. The lowest BCUT2D eigenvalue weighted by atomic mass is 10.2. The monoisotopic (exact) mass is 210 g/mol. The Balaban J connectivity index is 2.82. The molecule has 1 aromatic heterocycles. The summed E-state index contributed by atoms with van der Waals surface area (Å²) in [6, 6.07) is 2.00. The first-order valence-electron chi connectivity index (χ1n) is 4.19. The van der Waals surface area contributed by atoms with E-state index in [-0.39, 0.29) is 5.69 Å². The molecule has 15 heavy (non-hydrogen) atoms. The molecule has 0 fully saturated rings. The van der Waals surface area contributed by atoms with Gasteiger partial charge >= 0.3 is 11.9 Å². The smallest absolute Gasteiger partial charge is 0.354 e. The molecule has 1 atom stereocenters. The van der Waals surface area contributed by atoms with Crippen LogP contribution in [0.2, 0.25) is 0 Å². The molecule has 1 aromatic rings. The van der Waals surface area contributed by atoms with Gasteiger partial charge in [-0.2, -0.15) is 0 Å². The van der Waals surface area contributed by atoms with Crippen LogP contribution in [0.3, 0.4) is 0 Å². The highest BCUT2D eigenvalue weighted by Crippen LogP contribution is 2.09. The van der Waals surface area contributed by atoms with E-state index in [0.29, 0.717) is 5.69 Å². The van der Waals surface area contributed by atoms with Crippen molar-refractivity contribution in [1.82, 2.24) is 4.98 Å². The summed E-state index contributed by atoms with van der Waals surface area (Å²) in [5.74, 6) is -2.16. The Bertz CT molecular complexity index is 391. The number of aliphatic carboxylic acids is 1. The molecule has 3 N–H and O–H groups in total. The zero-order valence-corrected chi connectivity index (χ0v) is 7.97. The lowest BCUT2D eigenvalue weighted by molar-refractivity contribution is -0.137. The number of nitrogens with zero attached hydrogens (tertiary/aromatic N) is 1. The number of carboxylic acids is 2. The van der Waals surface area contributed by atoms with E-state index in [9.17, 15) is 9.59 Å². The summed E-state index contributed by atoms with van der Waals surface area (Å²) < 4.78 is 0. The lowest BCUT2D eigenvalue weighted by Gasteiger charge is -2.10. The summed E-state index contributed by atoms with van der Waals surface area (Å²) in [7, 11) is 0. The SMILES string of the molecule is C[C@H](Nc1ccnc(C(=O)O)c1)C(=O)O. The number of pyridine rings is 1. The van der Waals surface area contributed by atoms with E-state index in [1.54, 1.807) is 0 Å². The van der Waals surface area contributed by atoms with Gasteiger partial charge in [0.05, 0.1) is 0 Å². The molecular formula is C9H10N2O4. The highest BCUT2D eigenvalue weighted by atomic mass is 16.4. The van der Waals surface area contributed by atoms with Gasteiger partial charge in [-0.1, -0.05) is 0 Å². The topological polar surface area (TPSA) is 99.5 Å². The van der Waals surface area contributed by atoms with Crippen molar-refractivity contribution in [3.8, 4) is 0 Å². The summed E-state index contributed by atoms with van der Waals surface area (Å²) in [4.78, 5) is 24.7. The Morgan fingerprint density at radius 3 is 2.67 bits per heavy atom. The number of hydrogen-bond acceptors (Lipinski definition) is 4. The van der Waals surface area contributed by atoms with Crippen molar-refractivity contribution in [1.29, 1.82) is 0 Å². The second-order valence-electron chi connectivity index (χ2n) is 2.94. The molecule has 0 unspecified atom stereocenters. The van der Waals surface area contributed by atoms with Crippen molar-refractivity contribution in [2.24, 2.45) is 0 Å². The van der Waals surface area contributed by atoms with Crippen LogP contribution in [-0.2, 0) is 4.79 Å². The fourth-order valence-electron chi connectivity index (χ4n) is 0.949. The van der Waals surface area contributed by atoms with E-state index in [0.717, 1.165) is 0 Å². The second kappa shape index (κ2) is 4.41. The Hall–Kier alpha value is -2.11. The largest absolute Gasteiger partial charge is 0.480 e. The third kappa shape index (κ3) is 2.94. The summed E-state index contributed by atoms with van der Waals surface area (Å²) in [6.45, 7) is 1.46. The first-order chi connectivity index (χ1) is 7.00. The molecule has 6 nitrogen and oxygen atoms in total. The zero-order chi connectivity index (χ0) is 11.4. The Morgan fingerprint density at radius 2 is 2.13 bits per heavy atom. The van der Waals surface area contributed by atoms with E-state index in [1.165, 1.54) is 25.3 Å². The minimum Gasteiger partial charge on any atom is -0.480 e. The molecule has 0 saturated carbocycles. The van der Waals surface area contributed by atoms with Crippen LogP contribution < -0.4 is 5.32 Å². The average molecular weight is 210 g/mol. The lowest BCUT2D eigenvalue weighted by Crippen LogP contribution is -2.25. The molecule has 0 aliphatic heterocycles. The number of aromatic carboxylic acids is 1. The van der Waals surface area contributed by atoms with Gasteiger partial charge in [0, 0.05) is 11.9 Å². The van der Waals surface area contributed by atoms with Gasteiger partial charge in [0.1, 0.15) is 11.7 Å². The Kier molecular flexibility index (Phi) is 3.22. The van der Waals surface area contributed by atoms with Crippen LogP contribution in [0.15, 0.2) is 18.3 Å². The van der Waals surface area contributed by atoms with E-state index >= 15 is 0 Å². The van der Waals surface area contributed by atoms with Crippen LogP contribution in [-0.4, -0.2) is 33.2 Å². The quantitative estimate of drug-likeness (QED) is 0.675. The van der Waals surface area contributed by atoms with Gasteiger partial charge in [-0.15, -0.1) is 0 Å². The first kappa shape index (κ1) is 11.0. The second-order valence-corrected chi connectivity index (χ2v) is 2.94. The van der Waals surface area contributed by atoms with Crippen LogP contribution in [0.25, 0.3) is 0 Å². The maximum Gasteiger partial charge on any atom is 0.354 e. The van der Waals surface area contributed by atoms with Crippen molar-refractivity contribution in [2.45, 2.75) is 13.0 Å². The number of nitrogens with one attached hydrogen (secondary N) is 1. The molecule has 0 spiro atoms. The van der Waals surface area contributed by atoms with E-state index in [4.69, 9.17) is 10.2 Å². The van der Waals surface area contributed by atoms with Gasteiger partial charge in [0.2, 0.25) is 0 Å². The van der Waals surface area contributed by atoms with Crippen molar-refractivity contribution < 1.29 is 19.8 Å². The van der Waals surface area contributed by atoms with Crippen LogP contribution in [0, 0.1) is 0 Å². The predicted octanol–water partition coefficient (Wildman–Crippen LogP) is 0.665. The summed E-state index contributed by atoms with van der Waals surface area (Å²) in [5, 5.41) is 19.9. The van der Waals surface area contributed by atoms with Gasteiger partial charge in [-0.3, -0.25) is 4.79 Å². The van der Waals surface area contributed by atoms with Crippen LogP contribution in [0.5, 0.6) is 0 Å². The molecule has 0 aromatic carbocycles. The molecule has 0 bridgehead atoms. The van der Waals surface area contributed by atoms with Crippen molar-refractivity contribution >= 4 is 17.6 Å². The molecule has 0 amide bonds. The maximum atomic E-state index is 10.6. The summed E-state index contributed by atoms with van der Waals surface area (Å²) in [5.41, 5.74) is 0.287. The third-order valence-corrected chi connectivity index (χ3v) is 1.73. The Labute approximate surface area is 85.6 Å². The van der Waals surface area contributed by atoms with E-state index in [2.05, 4.69) is 10.3 Å². The number of hydrogen-bond donors (Lipinski definition) is 3. The molecule has 0 aliphatic carbocycles. The summed E-state index contributed by atoms with van der Waals surface area (Å²) >= 11 is 0. The number of carboxylic acid groups (broad SMARTS) is 2. The van der Waals surface area contributed by atoms with Crippen LogP contribution >= 0.6 is 0 Å². The number of rotatable bonds is 4. The van der Waals surface area contributed by atoms with Crippen molar-refractivity contribution in [3.05, 3.63) is 24.0 Å². The highest BCUT2D eigenvalue weighted by molar-refractivity contribution is 5.86. The fraction of sp³-hybridized carbons (Fsp3) is 0.222. The maximum absolute atomic E-state index is 10.6. The van der Waals surface area contributed by atoms with Gasteiger partial charge in [0.15, 0.2) is 0 Å². The zero-order valence-electron chi connectivity index (χ0n) is 7.97. The van der Waals surface area contributed by atoms with Gasteiger partial charge in [-0.25, -0.2) is 9.78 Å². The molecule has 0 saturated heterocycles. The van der Waals surface area contributed by atoms with Gasteiger partial charge in [-0.05, 0) is 19.1 Å². The summed E-state index contributed by atoms with van der Waals surface area (Å²) in [6.07, 6.45) is 1.31. The minimum absolute atomic E-state index is 0.127. The first-order valence-corrected chi connectivity index (χ1v) is 4.19. The molecule has 0 aliphatic rings. The molecular weight excluding hydrogens is 200 g/mol. The molecule has 6 heteroatoms. The predicted molar refractivity (Wildman–Crippen MR) is 51.9 cm³/mol. The fourth-order valence-corrected chi connectivity index (χ4v) is 0.949. The standard InChI is InChI=1S/C9H10N2O4/c1-5(8(12)13)11-6-2-3-10-7(4-6)9(14)15/h2-5H,1H3,(H,10,11)(H,12,13)(H,14,15)/t5-/m0/s1. The third-order valence-electron chi connectivity index (χ3n) is 1.73. The van der Waals surface area contributed by atoms with Crippen LogP contribution in [0.1, 0.15) is 17.4 Å². The van der Waals surface area contributed by atoms with Crippen LogP contribution in [0.4, 0.5) is 5.69 Å². The normalized spacial score (nSPS) is 11.8. The van der Waals surface area contributed by atoms with Gasteiger partial charge < -0.3 is 15.5 Å². The van der Waals surface area contributed by atoms with Gasteiger partial charge in [0.25, 0.3) is 0 Å². The number of carbonyl (C=O) groups is 2. The van der Waals surface area contributed by atoms with Crippen molar-refractivity contribution in [2.75, 3.05) is 5.32 Å². The molecule has 80 valence electrons. The van der Waals surface area contributed by atoms with E-state index in [1.807, 2.05) is 0 Å². The molecule has 1 heterocycles. The van der Waals surface area contributed by atoms with Crippen molar-refractivity contribution in [3.63, 3.8) is 0 Å².